The molecule has 0 aromatic carbocycles. The Kier molecular flexibility index (Phi) is 8.74. The first-order valence-electron chi connectivity index (χ1n) is 4.03. The van der Waals surface area contributed by atoms with Gasteiger partial charge in [0, 0.05) is 18.9 Å². The molecule has 2 N–H and O–H groups in total. The van der Waals surface area contributed by atoms with Gasteiger partial charge in [-0.25, -0.2) is 4.79 Å². The van der Waals surface area contributed by atoms with Crippen molar-refractivity contribution in [3.05, 3.63) is 23.0 Å². The van der Waals surface area contributed by atoms with E-state index in [1.807, 2.05) is 0 Å². The summed E-state index contributed by atoms with van der Waals surface area (Å²) in [6, 6.07) is 0. The van der Waals surface area contributed by atoms with Crippen LogP contribution in [0.1, 0.15) is 21.6 Å². The van der Waals surface area contributed by atoms with E-state index in [1.54, 1.807) is 20.2 Å². The second kappa shape index (κ2) is 7.53. The molecule has 0 atom stereocenters. The number of aliphatic carboxylic acids is 1. The minimum absolute atomic E-state index is 0. The number of hydrogen-bond acceptors (Lipinski definition) is 2. The van der Waals surface area contributed by atoms with Crippen LogP contribution in [0, 0.1) is 6.92 Å². The molecule has 0 aliphatic rings. The van der Waals surface area contributed by atoms with E-state index in [-0.39, 0.29) is 71.1 Å². The fourth-order valence-corrected chi connectivity index (χ4v) is 1.49. The van der Waals surface area contributed by atoms with E-state index in [9.17, 15) is 9.59 Å². The Balaban J connectivity index is 0. The van der Waals surface area contributed by atoms with E-state index in [0.29, 0.717) is 11.3 Å². The molecule has 0 aliphatic heterocycles. The van der Waals surface area contributed by atoms with Crippen molar-refractivity contribution in [1.29, 1.82) is 0 Å². The number of aryl methyl sites for hydroxylation is 2. The summed E-state index contributed by atoms with van der Waals surface area (Å²) in [5.41, 5.74) is 0.994. The van der Waals surface area contributed by atoms with Crippen molar-refractivity contribution in [2.45, 2.75) is 13.3 Å². The van der Waals surface area contributed by atoms with Crippen LogP contribution < -0.4 is 0 Å². The van der Waals surface area contributed by atoms with Gasteiger partial charge in [-0.2, -0.15) is 0 Å². The van der Waals surface area contributed by atoms with Crippen LogP contribution in [-0.4, -0.2) is 85.8 Å². The number of hydrogen-bond donors (Lipinski definition) is 2. The van der Waals surface area contributed by atoms with Gasteiger partial charge in [0.05, 0.1) is 12.0 Å². The molecule has 1 rings (SSSR count). The molecule has 80 valence electrons. The fraction of sp³-hybridized carbons (Fsp3) is 0.333. The van der Waals surface area contributed by atoms with Crippen LogP contribution >= 0.6 is 0 Å². The Morgan fingerprint density at radius 1 is 1.31 bits per heavy atom. The second-order valence-electron chi connectivity index (χ2n) is 3.12. The maximum absolute atomic E-state index is 10.8. The first-order valence-corrected chi connectivity index (χ1v) is 4.03. The summed E-state index contributed by atoms with van der Waals surface area (Å²) in [6.07, 6.45) is 1.34. The SMILES string of the molecule is Cc1cn(C)c(CC(=O)O)c1C(=O)O.[NaH].[NaH]. The zero-order valence-electron chi connectivity index (χ0n) is 7.94. The van der Waals surface area contributed by atoms with Gasteiger partial charge < -0.3 is 14.8 Å². The van der Waals surface area contributed by atoms with Crippen LogP contribution in [-0.2, 0) is 18.3 Å². The minimum atomic E-state index is -1.08. The quantitative estimate of drug-likeness (QED) is 0.694. The predicted octanol–water partition coefficient (Wildman–Crippen LogP) is -0.638. The first-order chi connectivity index (χ1) is 6.43. The number of carbonyl (C=O) groups is 2. The van der Waals surface area contributed by atoms with Crippen molar-refractivity contribution >= 4 is 71.1 Å². The molecule has 0 radical (unpaired) electrons. The predicted molar refractivity (Wildman–Crippen MR) is 62.7 cm³/mol. The standard InChI is InChI=1S/C9H11NO4.2Na.2H/c1-5-4-10(2)6(3-7(11)12)8(5)9(13)14;;;;/h4H,3H2,1-2H3,(H,11,12)(H,13,14);;;;. The van der Waals surface area contributed by atoms with Gasteiger partial charge in [-0.1, -0.05) is 0 Å². The van der Waals surface area contributed by atoms with Gasteiger partial charge in [-0.15, -0.1) is 0 Å². The number of nitrogens with zero attached hydrogens (tertiary/aromatic N) is 1. The number of carboxylic acids is 2. The van der Waals surface area contributed by atoms with E-state index in [1.165, 1.54) is 4.57 Å². The number of carboxylic acid groups (broad SMARTS) is 2. The Hall–Kier alpha value is 0.220. The molecule has 0 saturated carbocycles. The molecule has 0 saturated heterocycles. The molecule has 0 spiro atoms. The molecule has 0 fully saturated rings. The van der Waals surface area contributed by atoms with E-state index >= 15 is 0 Å². The third kappa shape index (κ3) is 4.24. The summed E-state index contributed by atoms with van der Waals surface area (Å²) in [5.74, 6) is -2.12. The summed E-state index contributed by atoms with van der Waals surface area (Å²) in [7, 11) is 1.64. The van der Waals surface area contributed by atoms with Gasteiger partial charge in [-0.3, -0.25) is 4.79 Å². The van der Waals surface area contributed by atoms with Crippen LogP contribution in [0.2, 0.25) is 0 Å². The average Bonchev–Trinajstić information content (AvgIpc) is 2.25. The third-order valence-electron chi connectivity index (χ3n) is 2.03. The van der Waals surface area contributed by atoms with Crippen LogP contribution in [0.4, 0.5) is 0 Å². The van der Waals surface area contributed by atoms with Gasteiger partial charge in [-0.05, 0) is 12.5 Å². The van der Waals surface area contributed by atoms with Gasteiger partial charge in [0.1, 0.15) is 0 Å². The first kappa shape index (κ1) is 18.6. The van der Waals surface area contributed by atoms with Crippen LogP contribution in [0.15, 0.2) is 6.20 Å². The van der Waals surface area contributed by atoms with Crippen LogP contribution in [0.5, 0.6) is 0 Å². The van der Waals surface area contributed by atoms with Gasteiger partial charge >= 0.3 is 71.1 Å². The van der Waals surface area contributed by atoms with E-state index in [4.69, 9.17) is 10.2 Å². The van der Waals surface area contributed by atoms with E-state index in [0.717, 1.165) is 0 Å². The molecular weight excluding hydrogens is 232 g/mol. The summed E-state index contributed by atoms with van der Waals surface area (Å²) in [6.45, 7) is 1.65. The molecule has 16 heavy (non-hydrogen) atoms. The van der Waals surface area contributed by atoms with Crippen molar-refractivity contribution in [1.82, 2.24) is 4.57 Å². The molecular formula is C9H13NNa2O4. The van der Waals surface area contributed by atoms with Crippen molar-refractivity contribution in [3.63, 3.8) is 0 Å². The summed E-state index contributed by atoms with van der Waals surface area (Å²) in [4.78, 5) is 21.3. The summed E-state index contributed by atoms with van der Waals surface area (Å²) >= 11 is 0. The number of rotatable bonds is 3. The average molecular weight is 245 g/mol. The molecule has 1 aromatic heterocycles. The van der Waals surface area contributed by atoms with E-state index in [2.05, 4.69) is 0 Å². The molecule has 1 aromatic rings. The third-order valence-corrected chi connectivity index (χ3v) is 2.03. The van der Waals surface area contributed by atoms with Crippen LogP contribution in [0.25, 0.3) is 0 Å². The summed E-state index contributed by atoms with van der Waals surface area (Å²) in [5, 5.41) is 17.5. The Labute approximate surface area is 137 Å². The van der Waals surface area contributed by atoms with Gasteiger partial charge in [0.2, 0.25) is 0 Å². The summed E-state index contributed by atoms with van der Waals surface area (Å²) < 4.78 is 1.53. The zero-order chi connectivity index (χ0) is 10.9. The molecule has 0 bridgehead atoms. The fourth-order valence-electron chi connectivity index (χ4n) is 1.49. The van der Waals surface area contributed by atoms with Crippen molar-refractivity contribution in [2.75, 3.05) is 0 Å². The number of aromatic nitrogens is 1. The molecule has 7 heteroatoms. The maximum atomic E-state index is 10.8. The normalized spacial score (nSPS) is 8.88. The molecule has 0 aliphatic carbocycles. The van der Waals surface area contributed by atoms with Gasteiger partial charge in [0.15, 0.2) is 0 Å². The Morgan fingerprint density at radius 3 is 2.19 bits per heavy atom. The van der Waals surface area contributed by atoms with Crippen molar-refractivity contribution in [2.24, 2.45) is 7.05 Å². The van der Waals surface area contributed by atoms with Gasteiger partial charge in [0.25, 0.3) is 0 Å². The second-order valence-corrected chi connectivity index (χ2v) is 3.12. The zero-order valence-corrected chi connectivity index (χ0v) is 7.94. The van der Waals surface area contributed by atoms with E-state index < -0.39 is 11.9 Å². The topological polar surface area (TPSA) is 79.5 Å². The Morgan fingerprint density at radius 2 is 1.81 bits per heavy atom. The number of aromatic carboxylic acids is 1. The van der Waals surface area contributed by atoms with Crippen molar-refractivity contribution in [3.8, 4) is 0 Å². The molecule has 0 amide bonds. The van der Waals surface area contributed by atoms with Crippen molar-refractivity contribution < 1.29 is 19.8 Å². The molecule has 0 unspecified atom stereocenters. The van der Waals surface area contributed by atoms with Crippen LogP contribution in [0.3, 0.4) is 0 Å². The monoisotopic (exact) mass is 245 g/mol. The molecule has 1 heterocycles. The molecule has 5 nitrogen and oxygen atoms in total. The Bertz CT molecular complexity index is 400.